The molecule has 1 aromatic rings. The summed E-state index contributed by atoms with van der Waals surface area (Å²) in [5.41, 5.74) is 8.19. The summed E-state index contributed by atoms with van der Waals surface area (Å²) in [6.45, 7) is 2.73. The van der Waals surface area contributed by atoms with Crippen molar-refractivity contribution >= 4 is 11.6 Å². The molecule has 4 heteroatoms. The van der Waals surface area contributed by atoms with Crippen LogP contribution in [0.15, 0.2) is 18.2 Å². The van der Waals surface area contributed by atoms with E-state index in [9.17, 15) is 4.79 Å². The van der Waals surface area contributed by atoms with E-state index in [0.717, 1.165) is 29.9 Å². The van der Waals surface area contributed by atoms with Gasteiger partial charge in [-0.3, -0.25) is 4.79 Å². The average Bonchev–Trinajstić information content (AvgIpc) is 2.69. The lowest BCUT2D eigenvalue weighted by molar-refractivity contribution is 0.0917. The van der Waals surface area contributed by atoms with Gasteiger partial charge in [0.2, 0.25) is 0 Å². The van der Waals surface area contributed by atoms with E-state index in [1.165, 1.54) is 25.7 Å². The monoisotopic (exact) mass is 287 g/mol. The average molecular weight is 287 g/mol. The molecule has 1 amide bonds. The number of carbonyl (C=O) groups is 1. The van der Waals surface area contributed by atoms with Gasteiger partial charge in [-0.25, -0.2) is 0 Å². The maximum Gasteiger partial charge on any atom is 0.251 e. The number of carbonyl (C=O) groups excluding carboxylic acids is 1. The first-order chi connectivity index (χ1) is 10.0. The number of hydrogen-bond donors (Lipinski definition) is 2. The molecule has 2 heterocycles. The summed E-state index contributed by atoms with van der Waals surface area (Å²) in [6.07, 6.45) is 5.08. The number of piperidine rings is 1. The van der Waals surface area contributed by atoms with E-state index in [1.54, 1.807) is 12.1 Å². The molecule has 0 saturated carbocycles. The Hall–Kier alpha value is -1.55. The third-order valence-corrected chi connectivity index (χ3v) is 5.28. The minimum absolute atomic E-state index is 0.0179. The summed E-state index contributed by atoms with van der Waals surface area (Å²) in [4.78, 5) is 14.8. The molecule has 114 valence electrons. The summed E-state index contributed by atoms with van der Waals surface area (Å²) < 4.78 is 0. The van der Waals surface area contributed by atoms with Gasteiger partial charge in [-0.1, -0.05) is 0 Å². The lowest BCUT2D eigenvalue weighted by atomic mass is 9.91. The first-order valence-electron chi connectivity index (χ1n) is 7.91. The molecule has 2 atom stereocenters. The highest BCUT2D eigenvalue weighted by molar-refractivity contribution is 5.94. The molecule has 3 rings (SSSR count). The van der Waals surface area contributed by atoms with Crippen LogP contribution in [-0.4, -0.2) is 36.5 Å². The minimum Gasteiger partial charge on any atom is -0.399 e. The van der Waals surface area contributed by atoms with Crippen LogP contribution in [0.2, 0.25) is 0 Å². The molecule has 0 aromatic heterocycles. The Kier molecular flexibility index (Phi) is 3.89. The van der Waals surface area contributed by atoms with Crippen LogP contribution in [0.3, 0.4) is 0 Å². The molecule has 2 aliphatic rings. The SMILES string of the molecule is Cc1cc(C(=O)NCC2CC3CCC(C2)N3C)ccc1N. The molecule has 2 saturated heterocycles. The van der Waals surface area contributed by atoms with Gasteiger partial charge < -0.3 is 16.0 Å². The van der Waals surface area contributed by atoms with Crippen LogP contribution in [0.5, 0.6) is 0 Å². The molecule has 0 spiro atoms. The van der Waals surface area contributed by atoms with Crippen LogP contribution in [0, 0.1) is 12.8 Å². The second-order valence-corrected chi connectivity index (χ2v) is 6.67. The second-order valence-electron chi connectivity index (χ2n) is 6.67. The van der Waals surface area contributed by atoms with Crippen LogP contribution >= 0.6 is 0 Å². The summed E-state index contributed by atoms with van der Waals surface area (Å²) >= 11 is 0. The highest BCUT2D eigenvalue weighted by Gasteiger charge is 2.38. The van der Waals surface area contributed by atoms with Crippen molar-refractivity contribution in [3.63, 3.8) is 0 Å². The van der Waals surface area contributed by atoms with Crippen molar-refractivity contribution in [2.45, 2.75) is 44.7 Å². The summed E-state index contributed by atoms with van der Waals surface area (Å²) in [7, 11) is 2.24. The van der Waals surface area contributed by atoms with Gasteiger partial charge in [0.05, 0.1) is 0 Å². The van der Waals surface area contributed by atoms with Crippen molar-refractivity contribution in [2.24, 2.45) is 5.92 Å². The number of nitrogens with zero attached hydrogens (tertiary/aromatic N) is 1. The predicted molar refractivity (Wildman–Crippen MR) is 85.2 cm³/mol. The van der Waals surface area contributed by atoms with Gasteiger partial charge in [0.1, 0.15) is 0 Å². The minimum atomic E-state index is 0.0179. The number of hydrogen-bond acceptors (Lipinski definition) is 3. The standard InChI is InChI=1S/C17H25N3O/c1-11-7-13(3-6-16(11)18)17(21)19-10-12-8-14-4-5-15(9-12)20(14)2/h3,6-7,12,14-15H,4-5,8-10,18H2,1-2H3,(H,19,21). The van der Waals surface area contributed by atoms with Crippen LogP contribution in [0.4, 0.5) is 5.69 Å². The van der Waals surface area contributed by atoms with Crippen LogP contribution in [0.1, 0.15) is 41.6 Å². The maximum absolute atomic E-state index is 12.2. The zero-order valence-corrected chi connectivity index (χ0v) is 12.9. The van der Waals surface area contributed by atoms with Gasteiger partial charge in [-0.2, -0.15) is 0 Å². The van der Waals surface area contributed by atoms with E-state index >= 15 is 0 Å². The van der Waals surface area contributed by atoms with Crippen molar-refractivity contribution in [2.75, 3.05) is 19.3 Å². The van der Waals surface area contributed by atoms with Crippen molar-refractivity contribution in [3.8, 4) is 0 Å². The number of fused-ring (bicyclic) bond motifs is 2. The van der Waals surface area contributed by atoms with Gasteiger partial charge in [0.15, 0.2) is 0 Å². The zero-order valence-electron chi connectivity index (χ0n) is 12.9. The first kappa shape index (κ1) is 14.4. The molecule has 0 aliphatic carbocycles. The lowest BCUT2D eigenvalue weighted by Gasteiger charge is -2.36. The van der Waals surface area contributed by atoms with Crippen molar-refractivity contribution in [1.29, 1.82) is 0 Å². The van der Waals surface area contributed by atoms with E-state index in [0.29, 0.717) is 11.5 Å². The molecular formula is C17H25N3O. The summed E-state index contributed by atoms with van der Waals surface area (Å²) in [5, 5.41) is 3.10. The molecule has 0 radical (unpaired) electrons. The normalized spacial score (nSPS) is 28.6. The fourth-order valence-corrected chi connectivity index (χ4v) is 3.85. The highest BCUT2D eigenvalue weighted by Crippen LogP contribution is 2.37. The molecule has 2 fully saturated rings. The molecule has 3 N–H and O–H groups in total. The number of aryl methyl sites for hydroxylation is 1. The molecule has 4 nitrogen and oxygen atoms in total. The highest BCUT2D eigenvalue weighted by atomic mass is 16.1. The quantitative estimate of drug-likeness (QED) is 0.838. The first-order valence-corrected chi connectivity index (χ1v) is 7.91. The van der Waals surface area contributed by atoms with Crippen LogP contribution < -0.4 is 11.1 Å². The number of nitrogen functional groups attached to an aromatic ring is 1. The van der Waals surface area contributed by atoms with Gasteiger partial charge in [-0.05, 0) is 69.3 Å². The fraction of sp³-hybridized carbons (Fsp3) is 0.588. The number of anilines is 1. The van der Waals surface area contributed by atoms with Crippen LogP contribution in [-0.2, 0) is 0 Å². The molecule has 21 heavy (non-hydrogen) atoms. The summed E-state index contributed by atoms with van der Waals surface area (Å²) in [6, 6.07) is 6.92. The van der Waals surface area contributed by atoms with E-state index in [2.05, 4.69) is 17.3 Å². The third kappa shape index (κ3) is 2.91. The van der Waals surface area contributed by atoms with Crippen molar-refractivity contribution < 1.29 is 4.79 Å². The van der Waals surface area contributed by atoms with E-state index in [1.807, 2.05) is 13.0 Å². The van der Waals surface area contributed by atoms with Gasteiger partial charge >= 0.3 is 0 Å². The van der Waals surface area contributed by atoms with E-state index in [4.69, 9.17) is 5.73 Å². The Labute approximate surface area is 126 Å². The van der Waals surface area contributed by atoms with Crippen molar-refractivity contribution in [3.05, 3.63) is 29.3 Å². The molecule has 1 aromatic carbocycles. The Balaban J connectivity index is 1.55. The van der Waals surface area contributed by atoms with E-state index in [-0.39, 0.29) is 5.91 Å². The molecule has 2 aliphatic heterocycles. The molecule has 2 unspecified atom stereocenters. The number of rotatable bonds is 3. The fourth-order valence-electron chi connectivity index (χ4n) is 3.85. The van der Waals surface area contributed by atoms with Crippen LogP contribution in [0.25, 0.3) is 0 Å². The predicted octanol–water partition coefficient (Wildman–Crippen LogP) is 2.18. The number of benzene rings is 1. The number of nitrogens with two attached hydrogens (primary N) is 1. The number of amides is 1. The van der Waals surface area contributed by atoms with Gasteiger partial charge in [0.25, 0.3) is 5.91 Å². The summed E-state index contributed by atoms with van der Waals surface area (Å²) in [5.74, 6) is 0.641. The second kappa shape index (κ2) is 5.68. The smallest absolute Gasteiger partial charge is 0.251 e. The van der Waals surface area contributed by atoms with Gasteiger partial charge in [0, 0.05) is 29.9 Å². The Morgan fingerprint density at radius 1 is 1.33 bits per heavy atom. The Morgan fingerprint density at radius 3 is 2.62 bits per heavy atom. The van der Waals surface area contributed by atoms with E-state index < -0.39 is 0 Å². The zero-order chi connectivity index (χ0) is 15.0. The maximum atomic E-state index is 12.2. The number of nitrogens with one attached hydrogen (secondary N) is 1. The van der Waals surface area contributed by atoms with Crippen molar-refractivity contribution in [1.82, 2.24) is 10.2 Å². The Morgan fingerprint density at radius 2 is 2.00 bits per heavy atom. The Bertz CT molecular complexity index is 529. The molecule has 2 bridgehead atoms. The third-order valence-electron chi connectivity index (χ3n) is 5.28. The topological polar surface area (TPSA) is 58.4 Å². The largest absolute Gasteiger partial charge is 0.399 e. The lowest BCUT2D eigenvalue weighted by Crippen LogP contribution is -2.43. The van der Waals surface area contributed by atoms with Gasteiger partial charge in [-0.15, -0.1) is 0 Å². The molecular weight excluding hydrogens is 262 g/mol.